The predicted octanol–water partition coefficient (Wildman–Crippen LogP) is 2.27. The summed E-state index contributed by atoms with van der Waals surface area (Å²) in [6.07, 6.45) is 4.50. The highest BCUT2D eigenvalue weighted by Gasteiger charge is 2.26. The molecule has 5 heteroatoms. The number of nitrogens with zero attached hydrogens (tertiary/aromatic N) is 1. The SMILES string of the molecule is CC(Cc1ccc(O)cc1)NC(=O)N1CCCCC1CCO. The zero-order valence-corrected chi connectivity index (χ0v) is 13.2. The number of hydrogen-bond acceptors (Lipinski definition) is 3. The molecule has 0 bridgehead atoms. The predicted molar refractivity (Wildman–Crippen MR) is 85.9 cm³/mol. The van der Waals surface area contributed by atoms with Gasteiger partial charge in [-0.3, -0.25) is 0 Å². The van der Waals surface area contributed by atoms with E-state index in [9.17, 15) is 9.90 Å². The van der Waals surface area contributed by atoms with E-state index in [2.05, 4.69) is 5.32 Å². The topological polar surface area (TPSA) is 72.8 Å². The smallest absolute Gasteiger partial charge is 0.317 e. The fraction of sp³-hybridized carbons (Fsp3) is 0.588. The molecule has 1 aromatic rings. The van der Waals surface area contributed by atoms with Crippen molar-refractivity contribution in [1.82, 2.24) is 10.2 Å². The molecule has 2 atom stereocenters. The molecule has 0 saturated carbocycles. The quantitative estimate of drug-likeness (QED) is 0.781. The Morgan fingerprint density at radius 2 is 2.09 bits per heavy atom. The summed E-state index contributed by atoms with van der Waals surface area (Å²) in [4.78, 5) is 14.3. The number of hydrogen-bond donors (Lipinski definition) is 3. The van der Waals surface area contributed by atoms with Crippen molar-refractivity contribution in [1.29, 1.82) is 0 Å². The van der Waals surface area contributed by atoms with Gasteiger partial charge < -0.3 is 20.4 Å². The van der Waals surface area contributed by atoms with Crippen LogP contribution in [0.3, 0.4) is 0 Å². The first kappa shape index (κ1) is 16.6. The lowest BCUT2D eigenvalue weighted by atomic mass is 10.00. The van der Waals surface area contributed by atoms with Crippen LogP contribution in [0.5, 0.6) is 5.75 Å². The monoisotopic (exact) mass is 306 g/mol. The second-order valence-corrected chi connectivity index (χ2v) is 6.08. The molecule has 2 unspecified atom stereocenters. The first-order valence-electron chi connectivity index (χ1n) is 8.06. The number of piperidine rings is 1. The molecule has 0 spiro atoms. The van der Waals surface area contributed by atoms with E-state index in [1.165, 1.54) is 0 Å². The highest BCUT2D eigenvalue weighted by Crippen LogP contribution is 2.19. The summed E-state index contributed by atoms with van der Waals surface area (Å²) in [5.41, 5.74) is 1.08. The highest BCUT2D eigenvalue weighted by molar-refractivity contribution is 5.75. The number of rotatable bonds is 5. The number of aliphatic hydroxyl groups excluding tert-OH is 1. The zero-order chi connectivity index (χ0) is 15.9. The van der Waals surface area contributed by atoms with E-state index in [1.807, 2.05) is 24.0 Å². The second-order valence-electron chi connectivity index (χ2n) is 6.08. The van der Waals surface area contributed by atoms with Crippen molar-refractivity contribution < 1.29 is 15.0 Å². The molecule has 1 aromatic carbocycles. The number of aromatic hydroxyl groups is 1. The number of urea groups is 1. The maximum Gasteiger partial charge on any atom is 0.317 e. The number of nitrogens with one attached hydrogen (secondary N) is 1. The molecule has 22 heavy (non-hydrogen) atoms. The van der Waals surface area contributed by atoms with Crippen LogP contribution in [0, 0.1) is 0 Å². The van der Waals surface area contributed by atoms with Gasteiger partial charge in [0.1, 0.15) is 5.75 Å². The largest absolute Gasteiger partial charge is 0.508 e. The maximum absolute atomic E-state index is 12.4. The summed E-state index contributed by atoms with van der Waals surface area (Å²) in [6.45, 7) is 2.87. The number of benzene rings is 1. The Kier molecular flexibility index (Phi) is 6.07. The lowest BCUT2D eigenvalue weighted by Gasteiger charge is -2.36. The molecule has 1 aliphatic heterocycles. The molecule has 2 rings (SSSR count). The number of carbonyl (C=O) groups is 1. The zero-order valence-electron chi connectivity index (χ0n) is 13.2. The fourth-order valence-electron chi connectivity index (χ4n) is 3.05. The summed E-state index contributed by atoms with van der Waals surface area (Å²) >= 11 is 0. The summed E-state index contributed by atoms with van der Waals surface area (Å²) in [6, 6.07) is 7.19. The van der Waals surface area contributed by atoms with Crippen molar-refractivity contribution in [2.24, 2.45) is 0 Å². The van der Waals surface area contributed by atoms with E-state index in [4.69, 9.17) is 5.11 Å². The standard InChI is InChI=1S/C17H26N2O3/c1-13(12-14-5-7-16(21)8-6-14)18-17(22)19-10-3-2-4-15(19)9-11-20/h5-8,13,15,20-21H,2-4,9-12H2,1H3,(H,18,22). The van der Waals surface area contributed by atoms with Crippen molar-refractivity contribution in [3.05, 3.63) is 29.8 Å². The number of likely N-dealkylation sites (tertiary alicyclic amines) is 1. The van der Waals surface area contributed by atoms with Gasteiger partial charge in [-0.1, -0.05) is 12.1 Å². The summed E-state index contributed by atoms with van der Waals surface area (Å²) in [7, 11) is 0. The van der Waals surface area contributed by atoms with Crippen LogP contribution in [-0.2, 0) is 6.42 Å². The van der Waals surface area contributed by atoms with Gasteiger partial charge in [-0.25, -0.2) is 4.79 Å². The molecule has 5 nitrogen and oxygen atoms in total. The number of phenolic OH excluding ortho intramolecular Hbond substituents is 1. The number of phenols is 1. The molecule has 0 aliphatic carbocycles. The van der Waals surface area contributed by atoms with Gasteiger partial charge in [0, 0.05) is 25.2 Å². The van der Waals surface area contributed by atoms with Crippen LogP contribution < -0.4 is 5.32 Å². The summed E-state index contributed by atoms with van der Waals surface area (Å²) < 4.78 is 0. The minimum Gasteiger partial charge on any atom is -0.508 e. The molecule has 2 amide bonds. The minimum atomic E-state index is -0.0376. The third kappa shape index (κ3) is 4.63. The van der Waals surface area contributed by atoms with Crippen molar-refractivity contribution in [2.45, 2.75) is 51.1 Å². The molecule has 3 N–H and O–H groups in total. The summed E-state index contributed by atoms with van der Waals surface area (Å²) in [5.74, 6) is 0.251. The Hall–Kier alpha value is -1.75. The molecular weight excluding hydrogens is 280 g/mol. The van der Waals surface area contributed by atoms with Gasteiger partial charge in [0.15, 0.2) is 0 Å². The average molecular weight is 306 g/mol. The fourth-order valence-corrected chi connectivity index (χ4v) is 3.05. The second kappa shape index (κ2) is 8.03. The van der Waals surface area contributed by atoms with Crippen molar-refractivity contribution in [2.75, 3.05) is 13.2 Å². The van der Waals surface area contributed by atoms with Gasteiger partial charge in [-0.05, 0) is 56.7 Å². The maximum atomic E-state index is 12.4. The highest BCUT2D eigenvalue weighted by atomic mass is 16.3. The molecular formula is C17H26N2O3. The molecule has 0 radical (unpaired) electrons. The lowest BCUT2D eigenvalue weighted by molar-refractivity contribution is 0.130. The third-order valence-electron chi connectivity index (χ3n) is 4.20. The van der Waals surface area contributed by atoms with E-state index in [1.54, 1.807) is 12.1 Å². The van der Waals surface area contributed by atoms with Crippen LogP contribution >= 0.6 is 0 Å². The Labute approximate surface area is 131 Å². The molecule has 1 saturated heterocycles. The van der Waals surface area contributed by atoms with Gasteiger partial charge in [-0.15, -0.1) is 0 Å². The molecule has 1 heterocycles. The third-order valence-corrected chi connectivity index (χ3v) is 4.20. The van der Waals surface area contributed by atoms with Crippen LogP contribution in [0.25, 0.3) is 0 Å². The first-order valence-corrected chi connectivity index (χ1v) is 8.06. The van der Waals surface area contributed by atoms with Crippen molar-refractivity contribution in [3.8, 4) is 5.75 Å². The number of amides is 2. The van der Waals surface area contributed by atoms with Crippen LogP contribution in [0.4, 0.5) is 4.79 Å². The molecule has 1 aliphatic rings. The summed E-state index contributed by atoms with van der Waals surface area (Å²) in [5, 5.41) is 21.5. The number of carbonyl (C=O) groups excluding carboxylic acids is 1. The van der Waals surface area contributed by atoms with Gasteiger partial charge in [0.2, 0.25) is 0 Å². The van der Waals surface area contributed by atoms with Crippen molar-refractivity contribution >= 4 is 6.03 Å². The Balaban J connectivity index is 1.87. The normalized spacial score (nSPS) is 19.7. The van der Waals surface area contributed by atoms with Crippen LogP contribution in [-0.4, -0.2) is 46.4 Å². The lowest BCUT2D eigenvalue weighted by Crippen LogP contribution is -2.51. The Morgan fingerprint density at radius 3 is 2.77 bits per heavy atom. The van der Waals surface area contributed by atoms with Crippen LogP contribution in [0.15, 0.2) is 24.3 Å². The van der Waals surface area contributed by atoms with E-state index in [0.29, 0.717) is 6.42 Å². The Bertz CT molecular complexity index is 473. The Morgan fingerprint density at radius 1 is 1.36 bits per heavy atom. The number of aliphatic hydroxyl groups is 1. The van der Waals surface area contributed by atoms with Crippen molar-refractivity contribution in [3.63, 3.8) is 0 Å². The van der Waals surface area contributed by atoms with Crippen LogP contribution in [0.2, 0.25) is 0 Å². The van der Waals surface area contributed by atoms with Crippen LogP contribution in [0.1, 0.15) is 38.2 Å². The van der Waals surface area contributed by atoms with E-state index in [-0.39, 0.29) is 30.5 Å². The molecule has 122 valence electrons. The average Bonchev–Trinajstić information content (AvgIpc) is 2.50. The molecule has 0 aromatic heterocycles. The molecule has 1 fully saturated rings. The van der Waals surface area contributed by atoms with Gasteiger partial charge in [0.25, 0.3) is 0 Å². The van der Waals surface area contributed by atoms with E-state index in [0.717, 1.165) is 37.8 Å². The first-order chi connectivity index (χ1) is 10.6. The minimum absolute atomic E-state index is 0.0220. The van der Waals surface area contributed by atoms with Gasteiger partial charge in [0.05, 0.1) is 0 Å². The van der Waals surface area contributed by atoms with Gasteiger partial charge >= 0.3 is 6.03 Å². The van der Waals surface area contributed by atoms with Gasteiger partial charge in [-0.2, -0.15) is 0 Å². The van der Waals surface area contributed by atoms with E-state index >= 15 is 0 Å². The van der Waals surface area contributed by atoms with E-state index < -0.39 is 0 Å².